The van der Waals surface area contributed by atoms with E-state index in [4.69, 9.17) is 9.47 Å². The molecule has 0 bridgehead atoms. The number of esters is 1. The van der Waals surface area contributed by atoms with Gasteiger partial charge in [-0.3, -0.25) is 9.59 Å². The third-order valence-corrected chi connectivity index (χ3v) is 4.31. The summed E-state index contributed by atoms with van der Waals surface area (Å²) < 4.78 is 9.86. The first-order chi connectivity index (χ1) is 11.1. The number of carbonyl (C=O) groups excluding carboxylic acids is 2. The van der Waals surface area contributed by atoms with Crippen LogP contribution in [0.15, 0.2) is 41.8 Å². The lowest BCUT2D eigenvalue weighted by Crippen LogP contribution is -2.31. The summed E-state index contributed by atoms with van der Waals surface area (Å²) in [7, 11) is 2.92. The van der Waals surface area contributed by atoms with Crippen LogP contribution in [0, 0.1) is 0 Å². The highest BCUT2D eigenvalue weighted by Gasteiger charge is 2.20. The molecule has 0 saturated carbocycles. The van der Waals surface area contributed by atoms with E-state index in [9.17, 15) is 9.59 Å². The zero-order valence-corrected chi connectivity index (χ0v) is 13.9. The maximum atomic E-state index is 12.3. The number of amides is 1. The zero-order valence-electron chi connectivity index (χ0n) is 13.1. The fraction of sp³-hybridized carbons (Fsp3) is 0.294. The molecule has 0 radical (unpaired) electrons. The molecule has 1 amide bonds. The second-order valence-electron chi connectivity index (χ2n) is 4.94. The largest absolute Gasteiger partial charge is 0.497 e. The van der Waals surface area contributed by atoms with E-state index in [1.165, 1.54) is 18.4 Å². The van der Waals surface area contributed by atoms with Crippen molar-refractivity contribution in [3.05, 3.63) is 52.2 Å². The summed E-state index contributed by atoms with van der Waals surface area (Å²) >= 11 is 1.50. The van der Waals surface area contributed by atoms with Crippen molar-refractivity contribution in [3.63, 3.8) is 0 Å². The van der Waals surface area contributed by atoms with Gasteiger partial charge >= 0.3 is 5.97 Å². The Morgan fingerprint density at radius 3 is 2.70 bits per heavy atom. The lowest BCUT2D eigenvalue weighted by Gasteiger charge is -2.16. The lowest BCUT2D eigenvalue weighted by atomic mass is 10.1. The van der Waals surface area contributed by atoms with Crippen LogP contribution in [0.25, 0.3) is 0 Å². The van der Waals surface area contributed by atoms with Crippen LogP contribution >= 0.6 is 11.3 Å². The number of thiophene rings is 1. The van der Waals surface area contributed by atoms with Crippen molar-refractivity contribution < 1.29 is 19.1 Å². The minimum atomic E-state index is -0.374. The molecule has 122 valence electrons. The Kier molecular flexibility index (Phi) is 6.17. The van der Waals surface area contributed by atoms with Crippen LogP contribution < -0.4 is 10.1 Å². The molecule has 1 unspecified atom stereocenters. The van der Waals surface area contributed by atoms with Crippen molar-refractivity contribution in [2.75, 3.05) is 14.2 Å². The molecule has 1 atom stereocenters. The van der Waals surface area contributed by atoms with Gasteiger partial charge in [-0.05, 0) is 29.1 Å². The summed E-state index contributed by atoms with van der Waals surface area (Å²) in [6.07, 6.45) is 0.334. The van der Waals surface area contributed by atoms with Crippen LogP contribution in [0.2, 0.25) is 0 Å². The van der Waals surface area contributed by atoms with Gasteiger partial charge in [0.25, 0.3) is 0 Å². The summed E-state index contributed by atoms with van der Waals surface area (Å²) in [5, 5.41) is 4.81. The molecule has 0 saturated heterocycles. The van der Waals surface area contributed by atoms with E-state index in [1.807, 2.05) is 41.8 Å². The smallest absolute Gasteiger partial charge is 0.307 e. The van der Waals surface area contributed by atoms with Crippen molar-refractivity contribution in [1.29, 1.82) is 0 Å². The van der Waals surface area contributed by atoms with Gasteiger partial charge in [0.05, 0.1) is 33.1 Å². The molecule has 23 heavy (non-hydrogen) atoms. The second-order valence-corrected chi connectivity index (χ2v) is 5.92. The zero-order chi connectivity index (χ0) is 16.7. The number of carbonyl (C=O) groups is 2. The number of methoxy groups -OCH3 is 2. The summed E-state index contributed by atoms with van der Waals surface area (Å²) in [6.45, 7) is 0. The number of hydrogen-bond donors (Lipinski definition) is 1. The number of benzene rings is 1. The van der Waals surface area contributed by atoms with E-state index in [-0.39, 0.29) is 30.8 Å². The van der Waals surface area contributed by atoms with E-state index < -0.39 is 0 Å². The molecule has 0 fully saturated rings. The Bertz CT molecular complexity index is 654. The minimum absolute atomic E-state index is 0.112. The molecular weight excluding hydrogens is 314 g/mol. The normalized spacial score (nSPS) is 11.6. The number of nitrogens with one attached hydrogen (secondary N) is 1. The molecule has 1 N–H and O–H groups in total. The highest BCUT2D eigenvalue weighted by atomic mass is 32.1. The predicted octanol–water partition coefficient (Wildman–Crippen LogP) is 2.72. The minimum Gasteiger partial charge on any atom is -0.497 e. The first-order valence-electron chi connectivity index (χ1n) is 7.15. The van der Waals surface area contributed by atoms with Crippen molar-refractivity contribution >= 4 is 23.2 Å². The van der Waals surface area contributed by atoms with Crippen molar-refractivity contribution in [2.45, 2.75) is 18.9 Å². The number of hydrogen-bond acceptors (Lipinski definition) is 5. The first kappa shape index (κ1) is 17.0. The van der Waals surface area contributed by atoms with E-state index >= 15 is 0 Å². The van der Waals surface area contributed by atoms with E-state index in [1.54, 1.807) is 7.11 Å². The molecule has 1 aromatic heterocycles. The summed E-state index contributed by atoms with van der Waals surface area (Å²) in [5.74, 6) is 0.199. The summed E-state index contributed by atoms with van der Waals surface area (Å²) in [4.78, 5) is 24.8. The molecule has 2 aromatic rings. The van der Waals surface area contributed by atoms with Gasteiger partial charge in [0.1, 0.15) is 5.75 Å². The maximum absolute atomic E-state index is 12.3. The van der Waals surface area contributed by atoms with Gasteiger partial charge in [0.2, 0.25) is 5.91 Å². The second kappa shape index (κ2) is 8.33. The number of ether oxygens (including phenoxy) is 2. The Labute approximate surface area is 139 Å². The fourth-order valence-electron chi connectivity index (χ4n) is 2.18. The maximum Gasteiger partial charge on any atom is 0.307 e. The Morgan fingerprint density at radius 1 is 1.22 bits per heavy atom. The molecule has 5 nitrogen and oxygen atoms in total. The summed E-state index contributed by atoms with van der Waals surface area (Å²) in [5.41, 5.74) is 0.852. The average molecular weight is 333 g/mol. The van der Waals surface area contributed by atoms with Gasteiger partial charge in [0.15, 0.2) is 0 Å². The third-order valence-electron chi connectivity index (χ3n) is 3.32. The van der Waals surface area contributed by atoms with Gasteiger partial charge < -0.3 is 14.8 Å². The van der Waals surface area contributed by atoms with Crippen LogP contribution in [-0.2, 0) is 20.7 Å². The van der Waals surface area contributed by atoms with E-state index in [0.29, 0.717) is 5.75 Å². The van der Waals surface area contributed by atoms with Crippen LogP contribution in [0.1, 0.15) is 22.9 Å². The Balaban J connectivity index is 2.03. The van der Waals surface area contributed by atoms with Gasteiger partial charge in [0, 0.05) is 4.88 Å². The van der Waals surface area contributed by atoms with Crippen LogP contribution in [-0.4, -0.2) is 26.1 Å². The fourth-order valence-corrected chi connectivity index (χ4v) is 2.95. The van der Waals surface area contributed by atoms with Gasteiger partial charge in [-0.25, -0.2) is 0 Å². The highest BCUT2D eigenvalue weighted by molar-refractivity contribution is 7.10. The van der Waals surface area contributed by atoms with Crippen molar-refractivity contribution in [3.8, 4) is 5.75 Å². The van der Waals surface area contributed by atoms with Crippen LogP contribution in [0.3, 0.4) is 0 Å². The molecule has 6 heteroatoms. The molecule has 2 rings (SSSR count). The van der Waals surface area contributed by atoms with Crippen LogP contribution in [0.4, 0.5) is 0 Å². The Hall–Kier alpha value is -2.34. The monoisotopic (exact) mass is 333 g/mol. The Morgan fingerprint density at radius 2 is 2.04 bits per heavy atom. The van der Waals surface area contributed by atoms with Gasteiger partial charge in [-0.1, -0.05) is 18.2 Å². The molecule has 0 aliphatic rings. The molecule has 1 heterocycles. The molecule has 0 spiro atoms. The standard InChI is InChI=1S/C17H19NO4S/c1-21-13-6-3-5-12(9-13)10-16(19)18-14(11-17(20)22-2)15-7-4-8-23-15/h3-9,14H,10-11H2,1-2H3,(H,18,19). The lowest BCUT2D eigenvalue weighted by molar-refractivity contribution is -0.141. The number of rotatable bonds is 7. The van der Waals surface area contributed by atoms with Crippen LogP contribution in [0.5, 0.6) is 5.75 Å². The molecule has 0 aliphatic heterocycles. The molecule has 1 aromatic carbocycles. The third kappa shape index (κ3) is 5.10. The average Bonchev–Trinajstić information content (AvgIpc) is 3.08. The molecule has 0 aliphatic carbocycles. The van der Waals surface area contributed by atoms with Crippen molar-refractivity contribution in [1.82, 2.24) is 5.32 Å². The molecular formula is C17H19NO4S. The predicted molar refractivity (Wildman–Crippen MR) is 88.5 cm³/mol. The van der Waals surface area contributed by atoms with Crippen molar-refractivity contribution in [2.24, 2.45) is 0 Å². The van der Waals surface area contributed by atoms with Gasteiger partial charge in [-0.15, -0.1) is 11.3 Å². The van der Waals surface area contributed by atoms with E-state index in [2.05, 4.69) is 5.32 Å². The highest BCUT2D eigenvalue weighted by Crippen LogP contribution is 2.23. The quantitative estimate of drug-likeness (QED) is 0.791. The topological polar surface area (TPSA) is 64.6 Å². The summed E-state index contributed by atoms with van der Waals surface area (Å²) in [6, 6.07) is 10.8. The first-order valence-corrected chi connectivity index (χ1v) is 8.03. The van der Waals surface area contributed by atoms with E-state index in [0.717, 1.165) is 10.4 Å². The SMILES string of the molecule is COC(=O)CC(NC(=O)Cc1cccc(OC)c1)c1cccs1. The van der Waals surface area contributed by atoms with Gasteiger partial charge in [-0.2, -0.15) is 0 Å².